The Kier molecular flexibility index (Phi) is 4.98. The van der Waals surface area contributed by atoms with E-state index in [1.165, 1.54) is 12.8 Å². The van der Waals surface area contributed by atoms with E-state index in [1.54, 1.807) is 0 Å². The number of ether oxygens (including phenoxy) is 1. The second-order valence-corrected chi connectivity index (χ2v) is 3.33. The van der Waals surface area contributed by atoms with Gasteiger partial charge in [0.15, 0.2) is 0 Å². The lowest BCUT2D eigenvalue weighted by Gasteiger charge is -2.29. The van der Waals surface area contributed by atoms with E-state index in [2.05, 4.69) is 33.6 Å². The molecule has 0 spiro atoms. The highest BCUT2D eigenvalue weighted by Crippen LogP contribution is 2.23. The van der Waals surface area contributed by atoms with Crippen LogP contribution in [0.2, 0.25) is 0 Å². The van der Waals surface area contributed by atoms with Crippen molar-refractivity contribution in [3.63, 3.8) is 0 Å². The highest BCUT2D eigenvalue weighted by atomic mass is 16.5. The summed E-state index contributed by atoms with van der Waals surface area (Å²) < 4.78 is 5.56. The number of hydrogen-bond donors (Lipinski definition) is 0. The molecule has 0 N–H and O–H groups in total. The van der Waals surface area contributed by atoms with Crippen LogP contribution in [0.4, 0.5) is 0 Å². The van der Waals surface area contributed by atoms with Gasteiger partial charge in [-0.05, 0) is 32.6 Å². The lowest BCUT2D eigenvalue weighted by molar-refractivity contribution is -0.0485. The number of hydrogen-bond acceptors (Lipinski definition) is 1. The molecule has 64 valence electrons. The molecule has 0 aromatic rings. The first-order valence-corrected chi connectivity index (χ1v) is 4.17. The van der Waals surface area contributed by atoms with Gasteiger partial charge >= 0.3 is 0 Å². The molecule has 1 rings (SSSR count). The van der Waals surface area contributed by atoms with Crippen molar-refractivity contribution in [1.29, 1.82) is 0 Å². The fraction of sp³-hybridized carbons (Fsp3) is 0.800. The van der Waals surface area contributed by atoms with Crippen LogP contribution in [0.3, 0.4) is 0 Å². The minimum Gasteiger partial charge on any atom is -0.376 e. The molecule has 1 saturated heterocycles. The van der Waals surface area contributed by atoms with Gasteiger partial charge in [-0.3, -0.25) is 0 Å². The van der Waals surface area contributed by atoms with Crippen LogP contribution in [0.15, 0.2) is 0 Å². The van der Waals surface area contributed by atoms with Crippen LogP contribution in [0.1, 0.15) is 33.6 Å². The molecular weight excluding hydrogens is 136 g/mol. The Labute approximate surface area is 70.1 Å². The Morgan fingerprint density at radius 3 is 1.64 bits per heavy atom. The highest BCUT2D eigenvalue weighted by molar-refractivity contribution is 4.69. The number of terminal acetylenes is 1. The Balaban J connectivity index is 0.000000461. The van der Waals surface area contributed by atoms with Crippen molar-refractivity contribution in [3.05, 3.63) is 0 Å². The van der Waals surface area contributed by atoms with E-state index in [9.17, 15) is 0 Å². The van der Waals surface area contributed by atoms with Crippen LogP contribution < -0.4 is 0 Å². The van der Waals surface area contributed by atoms with Crippen molar-refractivity contribution in [2.45, 2.75) is 45.8 Å². The Morgan fingerprint density at radius 1 is 1.00 bits per heavy atom. The summed E-state index contributed by atoms with van der Waals surface area (Å²) in [5, 5.41) is 0. The molecule has 0 saturated carbocycles. The molecule has 0 aliphatic carbocycles. The van der Waals surface area contributed by atoms with Crippen molar-refractivity contribution in [1.82, 2.24) is 0 Å². The van der Waals surface area contributed by atoms with Crippen molar-refractivity contribution in [2.24, 2.45) is 5.92 Å². The summed E-state index contributed by atoms with van der Waals surface area (Å²) in [6, 6.07) is 0. The summed E-state index contributed by atoms with van der Waals surface area (Å²) in [6.07, 6.45) is 11.5. The third-order valence-corrected chi connectivity index (χ3v) is 1.93. The molecule has 1 heteroatoms. The molecule has 11 heavy (non-hydrogen) atoms. The first-order valence-electron chi connectivity index (χ1n) is 4.17. The van der Waals surface area contributed by atoms with E-state index in [4.69, 9.17) is 4.74 Å². The summed E-state index contributed by atoms with van der Waals surface area (Å²) in [5.74, 6) is 0.865. The van der Waals surface area contributed by atoms with Gasteiger partial charge in [-0.2, -0.15) is 0 Å². The zero-order chi connectivity index (χ0) is 8.85. The first-order chi connectivity index (χ1) is 5.18. The lowest BCUT2D eigenvalue weighted by atomic mass is 9.95. The molecule has 0 radical (unpaired) electrons. The monoisotopic (exact) mass is 154 g/mol. The van der Waals surface area contributed by atoms with Gasteiger partial charge in [0.05, 0.1) is 12.2 Å². The molecule has 0 aromatic carbocycles. The normalized spacial score (nSPS) is 37.0. The average molecular weight is 154 g/mol. The molecule has 1 aliphatic heterocycles. The maximum Gasteiger partial charge on any atom is 0.0553 e. The van der Waals surface area contributed by atoms with Crippen LogP contribution in [-0.4, -0.2) is 12.2 Å². The summed E-state index contributed by atoms with van der Waals surface area (Å²) in [6.45, 7) is 6.62. The summed E-state index contributed by atoms with van der Waals surface area (Å²) >= 11 is 0. The molecule has 0 amide bonds. The van der Waals surface area contributed by atoms with E-state index < -0.39 is 0 Å². The smallest absolute Gasteiger partial charge is 0.0553 e. The van der Waals surface area contributed by atoms with Gasteiger partial charge < -0.3 is 4.74 Å². The fourth-order valence-electron chi connectivity index (χ4n) is 1.74. The van der Waals surface area contributed by atoms with Crippen molar-refractivity contribution >= 4 is 0 Å². The topological polar surface area (TPSA) is 9.23 Å². The molecule has 1 nitrogen and oxygen atoms in total. The van der Waals surface area contributed by atoms with Gasteiger partial charge in [-0.25, -0.2) is 0 Å². The Bertz CT molecular complexity index is 92.3. The van der Waals surface area contributed by atoms with Crippen molar-refractivity contribution in [3.8, 4) is 12.8 Å². The minimum atomic E-state index is 0.490. The Hall–Kier alpha value is -0.480. The van der Waals surface area contributed by atoms with E-state index in [0.29, 0.717) is 12.2 Å². The van der Waals surface area contributed by atoms with Gasteiger partial charge in [0, 0.05) is 0 Å². The minimum absolute atomic E-state index is 0.490. The average Bonchev–Trinajstić information content (AvgIpc) is 1.88. The van der Waals surface area contributed by atoms with E-state index in [0.717, 1.165) is 5.92 Å². The first kappa shape index (κ1) is 10.5. The summed E-state index contributed by atoms with van der Waals surface area (Å²) in [7, 11) is 0. The molecule has 1 fully saturated rings. The van der Waals surface area contributed by atoms with Gasteiger partial charge in [0.1, 0.15) is 0 Å². The van der Waals surface area contributed by atoms with Crippen LogP contribution in [0.5, 0.6) is 0 Å². The fourth-order valence-corrected chi connectivity index (χ4v) is 1.74. The lowest BCUT2D eigenvalue weighted by Crippen LogP contribution is -2.27. The van der Waals surface area contributed by atoms with Gasteiger partial charge in [-0.15, -0.1) is 12.8 Å². The zero-order valence-electron chi connectivity index (χ0n) is 7.71. The molecule has 3 atom stereocenters. The quantitative estimate of drug-likeness (QED) is 0.487. The summed E-state index contributed by atoms with van der Waals surface area (Å²) in [4.78, 5) is 0. The van der Waals surface area contributed by atoms with E-state index >= 15 is 0 Å². The third-order valence-electron chi connectivity index (χ3n) is 1.93. The predicted molar refractivity (Wildman–Crippen MR) is 48.3 cm³/mol. The largest absolute Gasteiger partial charge is 0.376 e. The maximum atomic E-state index is 5.56. The highest BCUT2D eigenvalue weighted by Gasteiger charge is 2.20. The SMILES string of the molecule is C#C.CC1C[C@@H](C)O[C@@H](C)C1. The van der Waals surface area contributed by atoms with Gasteiger partial charge in [0.25, 0.3) is 0 Å². The van der Waals surface area contributed by atoms with E-state index in [-0.39, 0.29) is 0 Å². The van der Waals surface area contributed by atoms with Crippen molar-refractivity contribution in [2.75, 3.05) is 0 Å². The molecule has 1 aliphatic rings. The molecule has 1 unspecified atom stereocenters. The van der Waals surface area contributed by atoms with Crippen molar-refractivity contribution < 1.29 is 4.74 Å². The van der Waals surface area contributed by atoms with Gasteiger partial charge in [0.2, 0.25) is 0 Å². The predicted octanol–water partition coefficient (Wildman–Crippen LogP) is 2.46. The maximum absolute atomic E-state index is 5.56. The molecular formula is C10H18O. The third kappa shape index (κ3) is 4.06. The van der Waals surface area contributed by atoms with Crippen LogP contribution in [0.25, 0.3) is 0 Å². The Morgan fingerprint density at radius 2 is 1.36 bits per heavy atom. The molecule has 0 bridgehead atoms. The summed E-state index contributed by atoms with van der Waals surface area (Å²) in [5.41, 5.74) is 0. The standard InChI is InChI=1S/C8H16O.C2H2/c1-6-4-7(2)9-8(3)5-6;1-2/h6-8H,4-5H2,1-3H3;1-2H/t6?,7-,8+;. The molecule has 1 heterocycles. The molecule has 0 aromatic heterocycles. The second kappa shape index (κ2) is 5.21. The second-order valence-electron chi connectivity index (χ2n) is 3.33. The van der Waals surface area contributed by atoms with Crippen LogP contribution in [-0.2, 0) is 4.74 Å². The number of rotatable bonds is 0. The van der Waals surface area contributed by atoms with Gasteiger partial charge in [-0.1, -0.05) is 6.92 Å². The van der Waals surface area contributed by atoms with E-state index in [1.807, 2.05) is 0 Å². The van der Waals surface area contributed by atoms with Crippen LogP contribution >= 0.6 is 0 Å². The van der Waals surface area contributed by atoms with Crippen LogP contribution in [0, 0.1) is 18.8 Å². The zero-order valence-corrected chi connectivity index (χ0v) is 7.71.